The van der Waals surface area contributed by atoms with E-state index in [0.29, 0.717) is 34.3 Å². The number of rotatable bonds is 29. The van der Waals surface area contributed by atoms with Crippen LogP contribution in [0.5, 0.6) is 0 Å². The van der Waals surface area contributed by atoms with Crippen LogP contribution in [0.3, 0.4) is 0 Å². The number of fused-ring (bicyclic) bond motifs is 2. The van der Waals surface area contributed by atoms with Crippen molar-refractivity contribution in [2.75, 3.05) is 72.8 Å². The SMILES string of the molecule is CN1CN([C@@H]2O[C@H](COP(=O)([O-])OP(=O)([O-])OP(=O)([O-])OP(=O)([O-])OC[C@H]3O[C@@H](n4cc(/C=C/CNC(=O)CCSSCCNC(=O)CCCC[C@@H]5SC[C@@H]6NC(=O)N[C@@H]65)c(=O)[nH]c4=O)C(O)[C@H]3O)C(O)C2O)c2nc(N)[nH]c(=O)c21. The second-order valence-corrected chi connectivity index (χ2v) is 28.2. The first-order valence-corrected chi connectivity index (χ1v) is 33.5. The normalized spacial score (nSPS) is 29.1. The highest BCUT2D eigenvalue weighted by Gasteiger charge is 2.50. The number of aliphatic hydroxyl groups excluding tert-OH is 4. The van der Waals surface area contributed by atoms with Crippen molar-refractivity contribution in [2.45, 2.75) is 98.5 Å². The van der Waals surface area contributed by atoms with Crippen LogP contribution in [0, 0.1) is 0 Å². The number of aliphatic hydroxyl groups is 4. The van der Waals surface area contributed by atoms with Gasteiger partial charge in [0.05, 0.1) is 37.5 Å². The molecule has 4 fully saturated rings. The molecule has 2 aromatic rings. The number of nitrogen functional groups attached to an aromatic ring is 1. The summed E-state index contributed by atoms with van der Waals surface area (Å²) in [5.41, 5.74) is 2.58. The van der Waals surface area contributed by atoms with E-state index in [1.807, 2.05) is 16.7 Å². The Bertz CT molecular complexity index is 3040. The molecule has 0 radical (unpaired) electrons. The number of nitrogens with zero attached hydrogens (tertiary/aromatic N) is 4. The summed E-state index contributed by atoms with van der Waals surface area (Å²) in [7, 11) is -21.6. The number of ether oxygens (including phenoxy) is 2. The lowest BCUT2D eigenvalue weighted by atomic mass is 10.0. The average Bonchev–Trinajstić information content (AvgIpc) is 4.20. The second kappa shape index (κ2) is 27.5. The van der Waals surface area contributed by atoms with Crippen LogP contribution in [0.15, 0.2) is 26.7 Å². The van der Waals surface area contributed by atoms with Gasteiger partial charge in [0.15, 0.2) is 18.3 Å². The molecule has 2 aromatic heterocycles. The number of H-pyrrole nitrogens is 2. The summed E-state index contributed by atoms with van der Waals surface area (Å²) in [4.78, 5) is 134. The number of thioether (sulfide) groups is 1. The molecule has 0 bridgehead atoms. The summed E-state index contributed by atoms with van der Waals surface area (Å²) in [6.07, 6.45) is -8.53. The van der Waals surface area contributed by atoms with Crippen molar-refractivity contribution in [2.24, 2.45) is 0 Å². The number of unbranched alkanes of at least 4 members (excludes halogenated alkanes) is 1. The van der Waals surface area contributed by atoms with Gasteiger partial charge in [-0.25, -0.2) is 22.5 Å². The van der Waals surface area contributed by atoms with Gasteiger partial charge in [-0.05, 0) is 12.8 Å². The Hall–Kier alpha value is -3.72. The number of aromatic amines is 2. The number of phosphoric ester groups is 2. The number of nitrogens with two attached hydrogens (primary N) is 1. The molecule has 36 nitrogen and oxygen atoms in total. The molecule has 0 spiro atoms. The van der Waals surface area contributed by atoms with E-state index in [1.165, 1.54) is 50.6 Å². The van der Waals surface area contributed by atoms with Gasteiger partial charge in [-0.3, -0.25) is 52.0 Å². The van der Waals surface area contributed by atoms with Crippen molar-refractivity contribution in [1.29, 1.82) is 0 Å². The van der Waals surface area contributed by atoms with E-state index < -0.39 is 110 Å². The topological polar surface area (TPSA) is 538 Å². The molecule has 7 rings (SSSR count). The third-order valence-electron chi connectivity index (χ3n) is 12.4. The van der Waals surface area contributed by atoms with Crippen LogP contribution < -0.4 is 73.2 Å². The summed E-state index contributed by atoms with van der Waals surface area (Å²) in [6.45, 7) is -2.49. The smallest absolute Gasteiger partial charge is 0.330 e. The van der Waals surface area contributed by atoms with E-state index >= 15 is 0 Å². The number of amides is 4. The van der Waals surface area contributed by atoms with Gasteiger partial charge in [-0.2, -0.15) is 16.7 Å². The monoisotopic (exact) mass is 1290 g/mol. The summed E-state index contributed by atoms with van der Waals surface area (Å²) in [6, 6.07) is 0.157. The first kappa shape index (κ1) is 64.8. The maximum absolute atomic E-state index is 12.8. The Morgan fingerprint density at radius 2 is 1.43 bits per heavy atom. The van der Waals surface area contributed by atoms with E-state index in [2.05, 4.69) is 53.2 Å². The average molecular weight is 1290 g/mol. The van der Waals surface area contributed by atoms with Crippen molar-refractivity contribution < 1.29 is 104 Å². The largest absolute Gasteiger partial charge is 0.756 e. The Morgan fingerprint density at radius 1 is 0.827 bits per heavy atom. The number of nitrogens with one attached hydrogen (secondary N) is 6. The van der Waals surface area contributed by atoms with Crippen LogP contribution in [0.25, 0.3) is 6.08 Å². The molecule has 4 amide bonds. The second-order valence-electron chi connectivity index (χ2n) is 18.2. The van der Waals surface area contributed by atoms with E-state index in [0.717, 1.165) is 31.2 Å². The van der Waals surface area contributed by atoms with Gasteiger partial charge < -0.3 is 95.3 Å². The standard InChI is InChI=1S/C38H59N11O25P4S3/c1-47-17-49(31-26(47)33(57)45-36(39)44-31)35-30(55)28(53)21(71-35)15-69-76(62,63)73-78(66,67)74-77(64,65)72-75(60,61)68-14-20-27(52)29(54)34(70-20)48-13-18(32(56)46-38(48)59)5-4-9-40-24(51)8-11-80-81-12-10-41-23(50)7-3-2-6-22-25-19(16-79-22)42-37(58)43-25/h4-5,13,19-22,25,27-30,34-35,52-55H,2-3,6-12,14-17H2,1H3,(H,40,51)(H,41,50)(H,60,61)(H,62,63)(H,64,65)(H,66,67)(H2,42,43,58)(H,46,56,59)(H3,39,44,45,57)/p-4/b5-4+/t19-,20+,21+,22-,25-,27-,28?,29?,30?,34+,35+/m0/s1. The molecule has 5 aliphatic rings. The third kappa shape index (κ3) is 17.5. The van der Waals surface area contributed by atoms with Gasteiger partial charge in [0, 0.05) is 61.7 Å². The lowest BCUT2D eigenvalue weighted by Gasteiger charge is -2.36. The number of aromatic nitrogens is 4. The molecule has 5 aliphatic heterocycles. The number of carbonyl (C=O) groups is 3. The van der Waals surface area contributed by atoms with E-state index in [-0.39, 0.29) is 72.6 Å². The molecule has 7 heterocycles. The van der Waals surface area contributed by atoms with Crippen LogP contribution in [-0.4, -0.2) is 175 Å². The number of hydrogen-bond acceptors (Lipinski definition) is 32. The van der Waals surface area contributed by atoms with E-state index in [4.69, 9.17) is 15.2 Å². The minimum absolute atomic E-state index is 0.00959. The Kier molecular flexibility index (Phi) is 22.0. The number of anilines is 3. The fraction of sp³-hybridized carbons (Fsp3) is 0.658. The predicted octanol–water partition coefficient (Wildman–Crippen LogP) is -5.12. The van der Waals surface area contributed by atoms with Gasteiger partial charge >= 0.3 is 11.7 Å². The van der Waals surface area contributed by atoms with Crippen LogP contribution >= 0.6 is 64.6 Å². The zero-order valence-corrected chi connectivity index (χ0v) is 48.0. The first-order valence-electron chi connectivity index (χ1n) is 24.1. The third-order valence-corrected chi connectivity index (χ3v) is 22.0. The number of urea groups is 1. The molecule has 0 aromatic carbocycles. The first-order chi connectivity index (χ1) is 38.0. The Balaban J connectivity index is 0.787. The zero-order chi connectivity index (χ0) is 59.2. The van der Waals surface area contributed by atoms with Crippen LogP contribution in [0.4, 0.5) is 22.2 Å². The van der Waals surface area contributed by atoms with Crippen LogP contribution in [0.1, 0.15) is 43.9 Å². The molecule has 81 heavy (non-hydrogen) atoms. The zero-order valence-electron chi connectivity index (χ0n) is 42.0. The van der Waals surface area contributed by atoms with Gasteiger partial charge in [-0.1, -0.05) is 40.2 Å². The molecule has 7 unspecified atom stereocenters. The molecular weight excluding hydrogens is 1230 g/mol. The number of hydrogen-bond donors (Lipinski definition) is 11. The minimum atomic E-state index is -6.74. The highest BCUT2D eigenvalue weighted by molar-refractivity contribution is 8.76. The molecule has 15 atom stereocenters. The number of phosphoric acid groups is 4. The summed E-state index contributed by atoms with van der Waals surface area (Å²) in [5.74, 6) is 1.12. The van der Waals surface area contributed by atoms with Crippen molar-refractivity contribution in [3.05, 3.63) is 49.0 Å². The molecular formula is C38H55N11O25P4S3-4. The van der Waals surface area contributed by atoms with Gasteiger partial charge in [0.2, 0.25) is 17.8 Å². The molecule has 454 valence electrons. The Morgan fingerprint density at radius 3 is 2.10 bits per heavy atom. The molecule has 12 N–H and O–H groups in total. The van der Waals surface area contributed by atoms with E-state index in [1.54, 1.807) is 0 Å². The highest BCUT2D eigenvalue weighted by Crippen LogP contribution is 2.67. The fourth-order valence-electron chi connectivity index (χ4n) is 8.68. The predicted molar refractivity (Wildman–Crippen MR) is 277 cm³/mol. The quantitative estimate of drug-likeness (QED) is 0.0157. The highest BCUT2D eigenvalue weighted by atomic mass is 33.1. The summed E-state index contributed by atoms with van der Waals surface area (Å²) >= 11 is 1.83. The van der Waals surface area contributed by atoms with Crippen molar-refractivity contribution in [1.82, 2.24) is 40.8 Å². The van der Waals surface area contributed by atoms with E-state index in [9.17, 15) is 87.0 Å². The van der Waals surface area contributed by atoms with Crippen molar-refractivity contribution >= 4 is 106 Å². The molecule has 43 heteroatoms. The number of carbonyl (C=O) groups excluding carboxylic acids is 3. The lowest BCUT2D eigenvalue weighted by molar-refractivity contribution is -0.255. The van der Waals surface area contributed by atoms with Gasteiger partial charge in [0.1, 0.15) is 42.3 Å². The Labute approximate surface area is 469 Å². The molecule has 4 saturated heterocycles. The molecule has 0 aliphatic carbocycles. The maximum atomic E-state index is 12.8. The van der Waals surface area contributed by atoms with Gasteiger partial charge in [0.25, 0.3) is 42.4 Å². The van der Waals surface area contributed by atoms with Crippen LogP contribution in [0.2, 0.25) is 0 Å². The van der Waals surface area contributed by atoms with Crippen molar-refractivity contribution in [3.8, 4) is 0 Å². The summed E-state index contributed by atoms with van der Waals surface area (Å²) < 4.78 is 80.6. The van der Waals surface area contributed by atoms with Crippen LogP contribution in [-0.2, 0) is 59.3 Å². The molecule has 0 saturated carbocycles. The maximum Gasteiger partial charge on any atom is 0.330 e. The minimum Gasteiger partial charge on any atom is -0.756 e. The lowest BCUT2D eigenvalue weighted by Crippen LogP contribution is -2.45. The fourth-order valence-corrected chi connectivity index (χ4v) is 16.9. The van der Waals surface area contributed by atoms with Gasteiger partial charge in [-0.15, -0.1) is 0 Å². The van der Waals surface area contributed by atoms with Crippen molar-refractivity contribution in [3.63, 3.8) is 0 Å². The summed E-state index contributed by atoms with van der Waals surface area (Å²) in [5, 5.41) is 54.2.